The summed E-state index contributed by atoms with van der Waals surface area (Å²) in [7, 11) is 0. The number of carboxylic acid groups (broad SMARTS) is 1. The van der Waals surface area contributed by atoms with Crippen molar-refractivity contribution < 1.29 is 28.7 Å². The second-order valence-electron chi connectivity index (χ2n) is 9.14. The molecule has 0 aromatic heterocycles. The van der Waals surface area contributed by atoms with Crippen molar-refractivity contribution >= 4 is 47.0 Å². The summed E-state index contributed by atoms with van der Waals surface area (Å²) in [5.74, 6) is -3.30. The molecule has 0 radical (unpaired) electrons. The van der Waals surface area contributed by atoms with Crippen molar-refractivity contribution in [3.8, 4) is 0 Å². The highest BCUT2D eigenvalue weighted by molar-refractivity contribution is 6.40. The largest absolute Gasteiger partial charge is 0.480 e. The third-order valence-electron chi connectivity index (χ3n) is 6.38. The van der Waals surface area contributed by atoms with Crippen LogP contribution in [0, 0.1) is 5.82 Å². The van der Waals surface area contributed by atoms with E-state index >= 15 is 0 Å². The number of halogens is 3. The van der Waals surface area contributed by atoms with Gasteiger partial charge >= 0.3 is 12.0 Å². The van der Waals surface area contributed by atoms with Gasteiger partial charge in [-0.05, 0) is 53.8 Å². The van der Waals surface area contributed by atoms with Gasteiger partial charge in [-0.25, -0.2) is 14.0 Å². The summed E-state index contributed by atoms with van der Waals surface area (Å²) in [6.07, 6.45) is 1.55. The number of hydrogen-bond acceptors (Lipinski definition) is 4. The molecular formula is C28H25Cl2FN4O5. The Morgan fingerprint density at radius 3 is 2.38 bits per heavy atom. The lowest BCUT2D eigenvalue weighted by molar-refractivity contribution is -0.139. The third kappa shape index (κ3) is 7.08. The first-order valence-corrected chi connectivity index (χ1v) is 13.1. The normalized spacial score (nSPS) is 14.5. The number of hydrogen-bond donors (Lipinski definition) is 5. The van der Waals surface area contributed by atoms with Gasteiger partial charge in [0.05, 0.1) is 28.2 Å². The van der Waals surface area contributed by atoms with Crippen LogP contribution in [0.2, 0.25) is 10.0 Å². The minimum atomic E-state index is -1.49. The summed E-state index contributed by atoms with van der Waals surface area (Å²) in [5, 5.41) is 19.4. The molecule has 0 heterocycles. The van der Waals surface area contributed by atoms with E-state index in [1.807, 2.05) is 24.3 Å². The van der Waals surface area contributed by atoms with Crippen molar-refractivity contribution in [2.75, 3.05) is 6.54 Å². The Hall–Kier alpha value is -4.15. The lowest BCUT2D eigenvalue weighted by Crippen LogP contribution is -2.50. The van der Waals surface area contributed by atoms with E-state index in [0.717, 1.165) is 24.0 Å². The standard InChI is InChI=1S/C28H25Cl2FN4O5/c29-20-11-17(25(36)32-13-15-4-3-6-18(31)10-15)12-21(30)24(20)26(37)34-23(27(38)39)14-33-28(40)35-22-9-8-16-5-1-2-7-19(16)22/h1-7,10-12,22-23H,8-9,13-14H2,(H,32,36)(H,34,37)(H,38,39)(H2,33,35,40)/t22-,23+/m1/s1. The molecule has 0 aliphatic heterocycles. The monoisotopic (exact) mass is 586 g/mol. The van der Waals surface area contributed by atoms with E-state index in [2.05, 4.69) is 21.3 Å². The molecule has 5 N–H and O–H groups in total. The van der Waals surface area contributed by atoms with Crippen molar-refractivity contribution in [2.24, 2.45) is 0 Å². The summed E-state index contributed by atoms with van der Waals surface area (Å²) >= 11 is 12.5. The number of urea groups is 1. The molecule has 2 atom stereocenters. The average molecular weight is 587 g/mol. The number of aryl methyl sites for hydroxylation is 1. The molecule has 0 fully saturated rings. The molecule has 0 saturated carbocycles. The fourth-order valence-electron chi connectivity index (χ4n) is 4.39. The van der Waals surface area contributed by atoms with Gasteiger partial charge in [-0.3, -0.25) is 9.59 Å². The zero-order valence-electron chi connectivity index (χ0n) is 21.0. The van der Waals surface area contributed by atoms with Gasteiger partial charge in [-0.2, -0.15) is 0 Å². The van der Waals surface area contributed by atoms with Crippen LogP contribution in [0.15, 0.2) is 60.7 Å². The molecule has 12 heteroatoms. The highest BCUT2D eigenvalue weighted by Crippen LogP contribution is 2.30. The Labute approximate surface area is 239 Å². The highest BCUT2D eigenvalue weighted by atomic mass is 35.5. The number of aliphatic carboxylic acids is 1. The van der Waals surface area contributed by atoms with Crippen molar-refractivity contribution in [1.29, 1.82) is 0 Å². The van der Waals surface area contributed by atoms with Crippen LogP contribution < -0.4 is 21.3 Å². The van der Waals surface area contributed by atoms with E-state index in [1.54, 1.807) is 6.07 Å². The molecule has 4 amide bonds. The zero-order chi connectivity index (χ0) is 28.8. The van der Waals surface area contributed by atoms with Gasteiger partial charge in [0.15, 0.2) is 0 Å². The van der Waals surface area contributed by atoms with E-state index < -0.39 is 42.2 Å². The second kappa shape index (κ2) is 12.8. The number of rotatable bonds is 9. The van der Waals surface area contributed by atoms with Gasteiger partial charge in [0.25, 0.3) is 11.8 Å². The number of nitrogens with one attached hydrogen (secondary N) is 4. The van der Waals surface area contributed by atoms with Gasteiger partial charge in [0, 0.05) is 12.1 Å². The summed E-state index contributed by atoms with van der Waals surface area (Å²) in [6, 6.07) is 13.6. The number of carbonyl (C=O) groups excluding carboxylic acids is 3. The van der Waals surface area contributed by atoms with Crippen LogP contribution in [0.4, 0.5) is 9.18 Å². The van der Waals surface area contributed by atoms with Crippen LogP contribution in [-0.4, -0.2) is 41.5 Å². The molecule has 0 spiro atoms. The molecule has 3 aromatic carbocycles. The molecule has 208 valence electrons. The Kier molecular flexibility index (Phi) is 9.23. The topological polar surface area (TPSA) is 137 Å². The quantitative estimate of drug-likeness (QED) is 0.255. The summed E-state index contributed by atoms with van der Waals surface area (Å²) in [5.41, 5.74) is 2.51. The second-order valence-corrected chi connectivity index (χ2v) is 9.95. The number of carboxylic acids is 1. The maximum absolute atomic E-state index is 13.4. The van der Waals surface area contributed by atoms with E-state index in [0.29, 0.717) is 5.56 Å². The molecule has 4 rings (SSSR count). The fourth-order valence-corrected chi connectivity index (χ4v) is 5.05. The molecule has 3 aromatic rings. The van der Waals surface area contributed by atoms with Crippen LogP contribution in [0.5, 0.6) is 0 Å². The van der Waals surface area contributed by atoms with Crippen LogP contribution in [0.25, 0.3) is 0 Å². The summed E-state index contributed by atoms with van der Waals surface area (Å²) < 4.78 is 13.4. The maximum atomic E-state index is 13.4. The molecule has 0 unspecified atom stereocenters. The van der Waals surface area contributed by atoms with E-state index in [-0.39, 0.29) is 33.8 Å². The Balaban J connectivity index is 1.35. The lowest BCUT2D eigenvalue weighted by Gasteiger charge is -2.19. The van der Waals surface area contributed by atoms with Crippen LogP contribution >= 0.6 is 23.2 Å². The average Bonchev–Trinajstić information content (AvgIpc) is 3.31. The Bertz CT molecular complexity index is 1450. The van der Waals surface area contributed by atoms with E-state index in [4.69, 9.17) is 23.2 Å². The Morgan fingerprint density at radius 2 is 1.68 bits per heavy atom. The molecule has 40 heavy (non-hydrogen) atoms. The SMILES string of the molecule is O=C(NC[C@H](NC(=O)c1c(Cl)cc(C(=O)NCc2cccc(F)c2)cc1Cl)C(=O)O)N[C@@H]1CCc2ccccc21. The van der Waals surface area contributed by atoms with E-state index in [9.17, 15) is 28.7 Å². The molecule has 1 aliphatic rings. The first-order valence-electron chi connectivity index (χ1n) is 12.3. The van der Waals surface area contributed by atoms with Crippen LogP contribution in [0.3, 0.4) is 0 Å². The van der Waals surface area contributed by atoms with Gasteiger partial charge in [-0.1, -0.05) is 59.6 Å². The predicted octanol–water partition coefficient (Wildman–Crippen LogP) is 4.23. The van der Waals surface area contributed by atoms with Crippen LogP contribution in [-0.2, 0) is 17.8 Å². The molecule has 0 bridgehead atoms. The first kappa shape index (κ1) is 28.8. The summed E-state index contributed by atoms with van der Waals surface area (Å²) in [6.45, 7) is -0.362. The minimum absolute atomic E-state index is 0.0438. The maximum Gasteiger partial charge on any atom is 0.328 e. The smallest absolute Gasteiger partial charge is 0.328 e. The van der Waals surface area contributed by atoms with Crippen molar-refractivity contribution in [2.45, 2.75) is 31.5 Å². The third-order valence-corrected chi connectivity index (χ3v) is 6.98. The lowest BCUT2D eigenvalue weighted by atomic mass is 10.1. The summed E-state index contributed by atoms with van der Waals surface area (Å²) in [4.78, 5) is 49.6. The van der Waals surface area contributed by atoms with Crippen molar-refractivity contribution in [3.63, 3.8) is 0 Å². The number of benzene rings is 3. The van der Waals surface area contributed by atoms with Crippen LogP contribution in [0.1, 0.15) is 49.9 Å². The minimum Gasteiger partial charge on any atom is -0.480 e. The van der Waals surface area contributed by atoms with Gasteiger partial charge in [0.1, 0.15) is 11.9 Å². The molecular weight excluding hydrogens is 562 g/mol. The van der Waals surface area contributed by atoms with Crippen molar-refractivity contribution in [1.82, 2.24) is 21.3 Å². The predicted molar refractivity (Wildman–Crippen MR) is 147 cm³/mol. The van der Waals surface area contributed by atoms with Gasteiger partial charge < -0.3 is 26.4 Å². The molecule has 0 saturated heterocycles. The Morgan fingerprint density at radius 1 is 0.950 bits per heavy atom. The number of carbonyl (C=O) groups is 4. The van der Waals surface area contributed by atoms with Crippen molar-refractivity contribution in [3.05, 3.63) is 104 Å². The van der Waals surface area contributed by atoms with Gasteiger partial charge in [-0.15, -0.1) is 0 Å². The van der Waals surface area contributed by atoms with E-state index in [1.165, 1.54) is 30.3 Å². The molecule has 9 nitrogen and oxygen atoms in total. The fraction of sp³-hybridized carbons (Fsp3) is 0.214. The van der Waals surface area contributed by atoms with Gasteiger partial charge in [0.2, 0.25) is 0 Å². The number of fused-ring (bicyclic) bond motifs is 1. The number of amides is 4. The molecule has 1 aliphatic carbocycles. The highest BCUT2D eigenvalue weighted by Gasteiger charge is 2.27. The zero-order valence-corrected chi connectivity index (χ0v) is 22.5. The first-order chi connectivity index (χ1) is 19.1.